The van der Waals surface area contributed by atoms with Crippen LogP contribution in [-0.4, -0.2) is 45.0 Å². The molecule has 0 spiro atoms. The first-order valence-corrected chi connectivity index (χ1v) is 11.2. The first-order valence-electron chi connectivity index (χ1n) is 10.3. The molecular formula is C22H32O5S. The molecule has 2 rings (SSSR count). The number of unbranched alkanes of at least 4 members (excludes halogenated alkanes) is 3. The van der Waals surface area contributed by atoms with Crippen LogP contribution in [-0.2, 0) is 9.59 Å². The molecule has 0 amide bonds. The Morgan fingerprint density at radius 3 is 2.54 bits per heavy atom. The fourth-order valence-electron chi connectivity index (χ4n) is 3.96. The molecule has 0 aromatic heterocycles. The number of ketones is 1. The molecule has 1 fully saturated rings. The lowest BCUT2D eigenvalue weighted by molar-refractivity contribution is -0.137. The highest BCUT2D eigenvalue weighted by Crippen LogP contribution is 2.36. The third-order valence-electron chi connectivity index (χ3n) is 5.51. The van der Waals surface area contributed by atoms with E-state index in [0.717, 1.165) is 30.6 Å². The zero-order valence-electron chi connectivity index (χ0n) is 16.3. The Morgan fingerprint density at radius 1 is 1.11 bits per heavy atom. The predicted molar refractivity (Wildman–Crippen MR) is 110 cm³/mol. The number of carbonyl (C=O) groups excluding carboxylic acids is 1. The molecule has 3 N–H and O–H groups in total. The van der Waals surface area contributed by atoms with Gasteiger partial charge in [0.1, 0.15) is 5.78 Å². The molecule has 5 nitrogen and oxygen atoms in total. The summed E-state index contributed by atoms with van der Waals surface area (Å²) in [6, 6.07) is 9.95. The van der Waals surface area contributed by atoms with Gasteiger partial charge in [-0.1, -0.05) is 37.5 Å². The number of carbonyl (C=O) groups is 2. The van der Waals surface area contributed by atoms with Gasteiger partial charge < -0.3 is 15.3 Å². The first kappa shape index (κ1) is 22.9. The lowest BCUT2D eigenvalue weighted by Gasteiger charge is -2.22. The minimum Gasteiger partial charge on any atom is -0.481 e. The number of aliphatic carboxylic acids is 1. The van der Waals surface area contributed by atoms with Crippen LogP contribution in [0, 0.1) is 11.8 Å². The summed E-state index contributed by atoms with van der Waals surface area (Å²) in [5, 5.41) is 29.2. The van der Waals surface area contributed by atoms with Crippen molar-refractivity contribution in [3.63, 3.8) is 0 Å². The molecule has 0 heterocycles. The molecule has 156 valence electrons. The monoisotopic (exact) mass is 408 g/mol. The third-order valence-corrected chi connectivity index (χ3v) is 6.67. The van der Waals surface area contributed by atoms with Crippen molar-refractivity contribution < 1.29 is 24.9 Å². The second kappa shape index (κ2) is 12.2. The molecule has 1 aromatic rings. The van der Waals surface area contributed by atoms with Crippen LogP contribution < -0.4 is 0 Å². The van der Waals surface area contributed by atoms with E-state index in [1.807, 2.05) is 30.3 Å². The number of carboxylic acids is 1. The van der Waals surface area contributed by atoms with Crippen molar-refractivity contribution in [2.75, 3.05) is 5.75 Å². The van der Waals surface area contributed by atoms with Gasteiger partial charge in [-0.2, -0.15) is 0 Å². The fourth-order valence-corrected chi connectivity index (χ4v) is 4.86. The topological polar surface area (TPSA) is 94.8 Å². The SMILES string of the molecule is O=C(O)CCCCCCC1C(=O)CC(O)[C@@H]1CCC(O)CSc1ccccc1. The van der Waals surface area contributed by atoms with Gasteiger partial charge in [0, 0.05) is 29.4 Å². The van der Waals surface area contributed by atoms with E-state index >= 15 is 0 Å². The maximum Gasteiger partial charge on any atom is 0.303 e. The van der Waals surface area contributed by atoms with Gasteiger partial charge in [0.2, 0.25) is 0 Å². The first-order chi connectivity index (χ1) is 13.5. The van der Waals surface area contributed by atoms with E-state index in [0.29, 0.717) is 25.0 Å². The van der Waals surface area contributed by atoms with Gasteiger partial charge in [-0.25, -0.2) is 0 Å². The number of aliphatic hydroxyl groups is 2. The number of aliphatic hydroxyl groups excluding tert-OH is 2. The fraction of sp³-hybridized carbons (Fsp3) is 0.636. The summed E-state index contributed by atoms with van der Waals surface area (Å²) in [6.45, 7) is 0. The van der Waals surface area contributed by atoms with Crippen LogP contribution in [0.25, 0.3) is 0 Å². The van der Waals surface area contributed by atoms with Gasteiger partial charge in [-0.15, -0.1) is 11.8 Å². The molecule has 0 bridgehead atoms. The zero-order valence-corrected chi connectivity index (χ0v) is 17.2. The van der Waals surface area contributed by atoms with E-state index in [1.165, 1.54) is 0 Å². The van der Waals surface area contributed by atoms with Crippen molar-refractivity contribution in [3.8, 4) is 0 Å². The van der Waals surface area contributed by atoms with Crippen LogP contribution in [0.5, 0.6) is 0 Å². The van der Waals surface area contributed by atoms with Crippen molar-refractivity contribution >= 4 is 23.5 Å². The summed E-state index contributed by atoms with van der Waals surface area (Å²) in [5.74, 6) is -0.213. The standard InChI is InChI=1S/C22H32O5S/c23-16(15-28-17-8-4-3-5-9-17)12-13-19-18(20(24)14-21(19)25)10-6-1-2-7-11-22(26)27/h3-5,8-9,16,18-19,21,23,25H,1-2,6-7,10-15H2,(H,26,27)/t16?,18?,19-,21?/m1/s1. The minimum absolute atomic E-state index is 0.0668. The average Bonchev–Trinajstić information content (AvgIpc) is 2.94. The number of Topliss-reactive ketones (excluding diaryl/α,β-unsaturated/α-hetero) is 1. The van der Waals surface area contributed by atoms with E-state index in [9.17, 15) is 19.8 Å². The Balaban J connectivity index is 1.70. The van der Waals surface area contributed by atoms with Crippen LogP contribution in [0.4, 0.5) is 0 Å². The molecule has 0 aliphatic heterocycles. The van der Waals surface area contributed by atoms with Crippen molar-refractivity contribution in [3.05, 3.63) is 30.3 Å². The van der Waals surface area contributed by atoms with Crippen LogP contribution >= 0.6 is 11.8 Å². The Bertz CT molecular complexity index is 606. The Hall–Kier alpha value is -1.37. The molecular weight excluding hydrogens is 376 g/mol. The highest BCUT2D eigenvalue weighted by Gasteiger charge is 2.40. The van der Waals surface area contributed by atoms with Gasteiger partial charge in [0.15, 0.2) is 0 Å². The minimum atomic E-state index is -0.766. The molecule has 1 aromatic carbocycles. The molecule has 4 atom stereocenters. The summed E-state index contributed by atoms with van der Waals surface area (Å²) in [4.78, 5) is 23.9. The number of hydrogen-bond acceptors (Lipinski definition) is 5. The highest BCUT2D eigenvalue weighted by atomic mass is 32.2. The van der Waals surface area contributed by atoms with Crippen molar-refractivity contribution in [1.29, 1.82) is 0 Å². The van der Waals surface area contributed by atoms with Gasteiger partial charge in [-0.05, 0) is 43.7 Å². The zero-order chi connectivity index (χ0) is 20.4. The van der Waals surface area contributed by atoms with Crippen molar-refractivity contribution in [1.82, 2.24) is 0 Å². The predicted octanol–water partition coefficient (Wildman–Crippen LogP) is 3.91. The Kier molecular flexibility index (Phi) is 10.0. The van der Waals surface area contributed by atoms with Crippen LogP contribution in [0.3, 0.4) is 0 Å². The number of rotatable bonds is 13. The molecule has 28 heavy (non-hydrogen) atoms. The van der Waals surface area contributed by atoms with Crippen molar-refractivity contribution in [2.24, 2.45) is 11.8 Å². The molecule has 3 unspecified atom stereocenters. The molecule has 0 radical (unpaired) electrons. The third kappa shape index (κ3) is 7.94. The van der Waals surface area contributed by atoms with E-state index in [-0.39, 0.29) is 30.5 Å². The number of hydrogen-bond donors (Lipinski definition) is 3. The van der Waals surface area contributed by atoms with Gasteiger partial charge in [0.25, 0.3) is 0 Å². The van der Waals surface area contributed by atoms with Gasteiger partial charge in [0.05, 0.1) is 12.2 Å². The Morgan fingerprint density at radius 2 is 1.82 bits per heavy atom. The lowest BCUT2D eigenvalue weighted by Crippen LogP contribution is -2.23. The number of carboxylic acid groups (broad SMARTS) is 1. The maximum atomic E-state index is 12.3. The van der Waals surface area contributed by atoms with Crippen LogP contribution in [0.15, 0.2) is 35.2 Å². The normalized spacial score (nSPS) is 23.1. The van der Waals surface area contributed by atoms with Crippen LogP contribution in [0.1, 0.15) is 57.8 Å². The van der Waals surface area contributed by atoms with Crippen LogP contribution in [0.2, 0.25) is 0 Å². The summed E-state index contributed by atoms with van der Waals surface area (Å²) in [7, 11) is 0. The summed E-state index contributed by atoms with van der Waals surface area (Å²) >= 11 is 1.62. The molecule has 0 saturated heterocycles. The summed E-state index contributed by atoms with van der Waals surface area (Å²) < 4.78 is 0. The van der Waals surface area contributed by atoms with E-state index in [4.69, 9.17) is 5.11 Å². The molecule has 6 heteroatoms. The van der Waals surface area contributed by atoms with Crippen molar-refractivity contribution in [2.45, 2.75) is 74.9 Å². The molecule has 1 aliphatic carbocycles. The highest BCUT2D eigenvalue weighted by molar-refractivity contribution is 7.99. The summed E-state index contributed by atoms with van der Waals surface area (Å²) in [6.07, 6.45) is 4.69. The molecule has 1 saturated carbocycles. The van der Waals surface area contributed by atoms with E-state index in [2.05, 4.69) is 0 Å². The van der Waals surface area contributed by atoms with Gasteiger partial charge in [-0.3, -0.25) is 9.59 Å². The smallest absolute Gasteiger partial charge is 0.303 e. The van der Waals surface area contributed by atoms with Gasteiger partial charge >= 0.3 is 5.97 Å². The largest absolute Gasteiger partial charge is 0.481 e. The quantitative estimate of drug-likeness (QED) is 0.338. The second-order valence-corrected chi connectivity index (χ2v) is 8.80. The second-order valence-electron chi connectivity index (χ2n) is 7.71. The number of benzene rings is 1. The van der Waals surface area contributed by atoms with E-state index in [1.54, 1.807) is 11.8 Å². The molecule has 1 aliphatic rings. The average molecular weight is 409 g/mol. The van der Waals surface area contributed by atoms with E-state index < -0.39 is 18.2 Å². The lowest BCUT2D eigenvalue weighted by atomic mass is 9.85. The number of thioether (sulfide) groups is 1. The Labute approximate surface area is 171 Å². The summed E-state index contributed by atoms with van der Waals surface area (Å²) in [5.41, 5.74) is 0. The maximum absolute atomic E-state index is 12.3.